The van der Waals surface area contributed by atoms with Crippen LogP contribution in [-0.2, 0) is 7.05 Å². The second-order valence-electron chi connectivity index (χ2n) is 1.43. The van der Waals surface area contributed by atoms with Crippen molar-refractivity contribution in [1.29, 1.82) is 0 Å². The van der Waals surface area contributed by atoms with Gasteiger partial charge in [-0.2, -0.15) is 0 Å². The first kappa shape index (κ1) is 10.6. The molecule has 50 valence electrons. The zero-order valence-electron chi connectivity index (χ0n) is 6.64. The minimum absolute atomic E-state index is 0. The fourth-order valence-corrected chi connectivity index (χ4v) is 0.411. The molecule has 7 heteroatoms. The molecule has 0 aliphatic carbocycles. The largest absolute Gasteiger partial charge is 1.00 e. The third-order valence-corrected chi connectivity index (χ3v) is 0.811. The van der Waals surface area contributed by atoms with Gasteiger partial charge >= 0.3 is 74.9 Å². The summed E-state index contributed by atoms with van der Waals surface area (Å²) in [4.78, 5) is 10.1. The van der Waals surface area contributed by atoms with Crippen LogP contribution in [0.4, 0.5) is 0 Å². The van der Waals surface area contributed by atoms with Gasteiger partial charge < -0.3 is 6.53 Å². The van der Waals surface area contributed by atoms with Crippen molar-refractivity contribution in [3.8, 4) is 0 Å². The molecule has 1 aromatic rings. The molecule has 0 fully saturated rings. The van der Waals surface area contributed by atoms with E-state index in [4.69, 9.17) is 5.11 Å². The average molecular weight is 262 g/mol. The summed E-state index contributed by atoms with van der Waals surface area (Å²) in [5, 5.41) is 17.9. The molecule has 0 spiro atoms. The number of carbonyl (C=O) groups is 1. The molecule has 0 bridgehead atoms. The van der Waals surface area contributed by atoms with Crippen molar-refractivity contribution in [3.63, 3.8) is 0 Å². The van der Waals surface area contributed by atoms with E-state index in [1.54, 1.807) is 0 Å². The fraction of sp³-hybridized carbons (Fsp3) is 0.333. The first-order valence-corrected chi connectivity index (χ1v) is 2.17. The van der Waals surface area contributed by atoms with E-state index in [-0.39, 0.29) is 76.1 Å². The Balaban J connectivity index is 0. The van der Waals surface area contributed by atoms with Gasteiger partial charge in [-0.15, -0.1) is 5.10 Å². The summed E-state index contributed by atoms with van der Waals surface area (Å²) in [6.07, 6.45) is 0. The summed E-state index contributed by atoms with van der Waals surface area (Å²) in [5.74, 6) is -1.28. The van der Waals surface area contributed by atoms with Crippen LogP contribution in [0.2, 0.25) is 0 Å². The standard InChI is InChI=1S/C3H4N4O2.Cs.H/c1-7-2(3(8)9)4-5-6-7;;/h1H3,(H,8,9);;/q;+1;-1. The van der Waals surface area contributed by atoms with E-state index in [9.17, 15) is 4.79 Å². The summed E-state index contributed by atoms with van der Waals surface area (Å²) >= 11 is 0. The molecule has 0 aliphatic rings. The van der Waals surface area contributed by atoms with Gasteiger partial charge in [-0.05, 0) is 10.4 Å². The Labute approximate surface area is 117 Å². The Morgan fingerprint density at radius 2 is 2.40 bits per heavy atom. The maximum atomic E-state index is 10.1. The second-order valence-corrected chi connectivity index (χ2v) is 1.43. The van der Waals surface area contributed by atoms with Gasteiger partial charge in [0.25, 0.3) is 5.82 Å². The minimum atomic E-state index is -1.12. The van der Waals surface area contributed by atoms with Crippen molar-refractivity contribution in [2.45, 2.75) is 0 Å². The van der Waals surface area contributed by atoms with Crippen LogP contribution in [0, 0.1) is 0 Å². The molecule has 6 nitrogen and oxygen atoms in total. The number of rotatable bonds is 1. The van der Waals surface area contributed by atoms with E-state index in [2.05, 4.69) is 15.5 Å². The van der Waals surface area contributed by atoms with Crippen LogP contribution in [0.15, 0.2) is 0 Å². The van der Waals surface area contributed by atoms with E-state index in [1.165, 1.54) is 7.05 Å². The average Bonchev–Trinajstić information content (AvgIpc) is 2.13. The predicted molar refractivity (Wildman–Crippen MR) is 26.9 cm³/mol. The number of aryl methyl sites for hydroxylation is 1. The number of tetrazole rings is 1. The molecule has 0 aromatic carbocycles. The summed E-state index contributed by atoms with van der Waals surface area (Å²) in [5.41, 5.74) is 0. The second kappa shape index (κ2) is 4.47. The number of aromatic nitrogens is 4. The van der Waals surface area contributed by atoms with Crippen molar-refractivity contribution in [2.75, 3.05) is 0 Å². The van der Waals surface area contributed by atoms with Crippen LogP contribution in [0.25, 0.3) is 0 Å². The summed E-state index contributed by atoms with van der Waals surface area (Å²) in [7, 11) is 1.46. The van der Waals surface area contributed by atoms with Gasteiger partial charge in [-0.1, -0.05) is 0 Å². The molecule has 0 unspecified atom stereocenters. The zero-order valence-corrected chi connectivity index (χ0v) is 11.9. The molecule has 1 heterocycles. The molecule has 10 heavy (non-hydrogen) atoms. The molecule has 0 amide bonds. The number of aromatic carboxylic acids is 1. The molecule has 1 N–H and O–H groups in total. The van der Waals surface area contributed by atoms with Crippen molar-refractivity contribution in [2.24, 2.45) is 7.05 Å². The van der Waals surface area contributed by atoms with E-state index >= 15 is 0 Å². The summed E-state index contributed by atoms with van der Waals surface area (Å²) in [6.45, 7) is 0. The number of hydrogen-bond acceptors (Lipinski definition) is 4. The molecular formula is C3H5CsN4O2. The topological polar surface area (TPSA) is 80.9 Å². The van der Waals surface area contributed by atoms with Crippen molar-refractivity contribution >= 4 is 5.97 Å². The number of nitrogens with zero attached hydrogens (tertiary/aromatic N) is 4. The van der Waals surface area contributed by atoms with Gasteiger partial charge in [0.1, 0.15) is 0 Å². The smallest absolute Gasteiger partial charge is 1.00 e. The van der Waals surface area contributed by atoms with Crippen LogP contribution >= 0.6 is 0 Å². The van der Waals surface area contributed by atoms with Crippen LogP contribution in [0.1, 0.15) is 12.0 Å². The first-order chi connectivity index (χ1) is 4.22. The van der Waals surface area contributed by atoms with Crippen LogP contribution in [-0.4, -0.2) is 31.3 Å². The molecule has 0 saturated carbocycles. The molecular weight excluding hydrogens is 257 g/mol. The van der Waals surface area contributed by atoms with Crippen LogP contribution < -0.4 is 68.9 Å². The molecule has 0 aliphatic heterocycles. The van der Waals surface area contributed by atoms with Gasteiger partial charge in [-0.3, -0.25) is 0 Å². The monoisotopic (exact) mass is 262 g/mol. The molecule has 0 saturated heterocycles. The van der Waals surface area contributed by atoms with Crippen molar-refractivity contribution in [3.05, 3.63) is 5.82 Å². The van der Waals surface area contributed by atoms with Gasteiger partial charge in [0.05, 0.1) is 0 Å². The van der Waals surface area contributed by atoms with E-state index in [0.29, 0.717) is 0 Å². The third-order valence-electron chi connectivity index (χ3n) is 0.811. The fourth-order valence-electron chi connectivity index (χ4n) is 0.411. The maximum Gasteiger partial charge on any atom is 1.00 e. The minimum Gasteiger partial charge on any atom is -1.00 e. The van der Waals surface area contributed by atoms with Crippen LogP contribution in [0.3, 0.4) is 0 Å². The van der Waals surface area contributed by atoms with Gasteiger partial charge in [0.15, 0.2) is 0 Å². The zero-order chi connectivity index (χ0) is 6.85. The number of hydrogen-bond donors (Lipinski definition) is 1. The normalized spacial score (nSPS) is 8.50. The van der Waals surface area contributed by atoms with Gasteiger partial charge in [0.2, 0.25) is 0 Å². The Morgan fingerprint density at radius 1 is 1.80 bits per heavy atom. The predicted octanol–water partition coefficient (Wildman–Crippen LogP) is -3.98. The van der Waals surface area contributed by atoms with Gasteiger partial charge in [0, 0.05) is 7.05 Å². The molecule has 0 radical (unpaired) electrons. The Morgan fingerprint density at radius 3 is 2.60 bits per heavy atom. The molecule has 0 atom stereocenters. The summed E-state index contributed by atoms with van der Waals surface area (Å²) < 4.78 is 1.09. The quantitative estimate of drug-likeness (QED) is 0.558. The van der Waals surface area contributed by atoms with E-state index < -0.39 is 5.97 Å². The van der Waals surface area contributed by atoms with Crippen molar-refractivity contribution in [1.82, 2.24) is 20.2 Å². The Bertz CT molecular complexity index is 239. The van der Waals surface area contributed by atoms with Gasteiger partial charge in [-0.25, -0.2) is 9.48 Å². The Kier molecular flexibility index (Phi) is 4.73. The Hall–Kier alpha value is 0.592. The first-order valence-electron chi connectivity index (χ1n) is 2.17. The third kappa shape index (κ3) is 2.33. The molecule has 1 aromatic heterocycles. The van der Waals surface area contributed by atoms with Crippen molar-refractivity contribution < 1.29 is 80.2 Å². The van der Waals surface area contributed by atoms with Crippen LogP contribution in [0.5, 0.6) is 0 Å². The maximum absolute atomic E-state index is 10.1. The number of carboxylic acids is 1. The van der Waals surface area contributed by atoms with E-state index in [1.807, 2.05) is 0 Å². The van der Waals surface area contributed by atoms with E-state index in [0.717, 1.165) is 4.68 Å². The summed E-state index contributed by atoms with van der Waals surface area (Å²) in [6, 6.07) is 0. The SMILES string of the molecule is Cn1nnnc1C(=O)O.[Cs+].[H-]. The number of carboxylic acid groups (broad SMARTS) is 1. The molecule has 1 rings (SSSR count).